The molecule has 0 aliphatic carbocycles. The molecule has 48 heavy (non-hydrogen) atoms. The summed E-state index contributed by atoms with van der Waals surface area (Å²) in [5, 5.41) is 12.8. The van der Waals surface area contributed by atoms with Crippen molar-refractivity contribution in [2.75, 3.05) is 0 Å². The minimum atomic E-state index is 1.04. The fourth-order valence-electron chi connectivity index (χ4n) is 7.92. The summed E-state index contributed by atoms with van der Waals surface area (Å²) in [4.78, 5) is 0. The zero-order valence-electron chi connectivity index (χ0n) is 27.3. The molecule has 0 aliphatic rings. The summed E-state index contributed by atoms with van der Waals surface area (Å²) < 4.78 is 0. The lowest BCUT2D eigenvalue weighted by Gasteiger charge is -2.20. The van der Waals surface area contributed by atoms with Crippen LogP contribution in [0, 0.1) is 5.92 Å². The minimum Gasteiger partial charge on any atom is -0.0616 e. The maximum atomic E-state index is 2.37. The molecule has 226 valence electrons. The Kier molecular flexibility index (Phi) is 6.76. The van der Waals surface area contributed by atoms with E-state index >= 15 is 0 Å². The first-order chi connectivity index (χ1) is 23.7. The molecule has 9 rings (SSSR count). The maximum Gasteiger partial charge on any atom is 0.140 e. The Balaban J connectivity index is 1.33. The molecule has 0 spiro atoms. The van der Waals surface area contributed by atoms with E-state index in [9.17, 15) is 0 Å². The first-order valence-corrected chi connectivity index (χ1v) is 17.0. The third-order valence-electron chi connectivity index (χ3n) is 10.4. The number of fused-ring (bicyclic) bond motifs is 5. The molecule has 0 heteroatoms. The van der Waals surface area contributed by atoms with E-state index in [1.807, 2.05) is 0 Å². The summed E-state index contributed by atoms with van der Waals surface area (Å²) in [5.74, 6) is 1.42. The van der Waals surface area contributed by atoms with Crippen LogP contribution in [-0.4, -0.2) is 0 Å². The Morgan fingerprint density at radius 3 is 1.42 bits per heavy atom. The molecule has 0 amide bonds. The highest BCUT2D eigenvalue weighted by Crippen LogP contribution is 2.47. The molecular weight excluding hydrogens is 577 g/mol. The molecule has 0 saturated heterocycles. The molecule has 0 aliphatic heterocycles. The monoisotopic (exact) mass is 611 g/mol. The van der Waals surface area contributed by atoms with Crippen molar-refractivity contribution in [2.24, 2.45) is 0 Å². The van der Waals surface area contributed by atoms with Gasteiger partial charge in [0.15, 0.2) is 0 Å². The van der Waals surface area contributed by atoms with Crippen LogP contribution in [0.5, 0.6) is 0 Å². The van der Waals surface area contributed by atoms with Gasteiger partial charge in [-0.2, -0.15) is 0 Å². The Bertz CT molecular complexity index is 2620. The van der Waals surface area contributed by atoms with Gasteiger partial charge in [0.25, 0.3) is 0 Å². The molecule has 0 nitrogen and oxygen atoms in total. The summed E-state index contributed by atoms with van der Waals surface area (Å²) in [6.07, 6.45) is 1.04. The van der Waals surface area contributed by atoms with Gasteiger partial charge in [0, 0.05) is 48.4 Å². The van der Waals surface area contributed by atoms with Crippen LogP contribution in [0.3, 0.4) is 0 Å². The maximum absolute atomic E-state index is 2.37. The number of hydrogen-bond acceptors (Lipinski definition) is 0. The zero-order valence-corrected chi connectivity index (χ0v) is 27.3. The summed E-state index contributed by atoms with van der Waals surface area (Å²) >= 11 is 0. The van der Waals surface area contributed by atoms with Gasteiger partial charge < -0.3 is 0 Å². The molecule has 0 bridgehead atoms. The summed E-state index contributed by atoms with van der Waals surface area (Å²) in [5.41, 5.74) is 9.00. The van der Waals surface area contributed by atoms with Crippen LogP contribution in [0.25, 0.3) is 87.2 Å². The van der Waals surface area contributed by atoms with Gasteiger partial charge in [-0.3, -0.25) is 0 Å². The van der Waals surface area contributed by atoms with Gasteiger partial charge in [0.1, 0.15) is 5.56 Å². The van der Waals surface area contributed by atoms with Gasteiger partial charge in [-0.25, -0.2) is 0 Å². The molecule has 0 fully saturated rings. The second-order valence-corrected chi connectivity index (χ2v) is 12.9. The van der Waals surface area contributed by atoms with Gasteiger partial charge in [0.05, 0.1) is 5.39 Å². The fraction of sp³-hybridized carbons (Fsp3) is 0.0625. The van der Waals surface area contributed by atoms with E-state index in [2.05, 4.69) is 178 Å². The van der Waals surface area contributed by atoms with Crippen LogP contribution in [-0.2, 0) is 0 Å². The van der Waals surface area contributed by atoms with Gasteiger partial charge in [-0.15, -0.1) is 0 Å². The van der Waals surface area contributed by atoms with Crippen molar-refractivity contribution >= 4 is 53.9 Å². The van der Waals surface area contributed by atoms with Crippen molar-refractivity contribution in [3.8, 4) is 33.4 Å². The van der Waals surface area contributed by atoms with Crippen LogP contribution in [0.4, 0.5) is 0 Å². The summed E-state index contributed by atoms with van der Waals surface area (Å²) in [7, 11) is 0. The highest BCUT2D eigenvalue weighted by atomic mass is 14.2. The molecule has 0 unspecified atom stereocenters. The lowest BCUT2D eigenvalue weighted by molar-refractivity contribution is 0.965. The summed E-state index contributed by atoms with van der Waals surface area (Å²) in [6.45, 7) is 4.50. The zero-order chi connectivity index (χ0) is 32.2. The average molecular weight is 612 g/mol. The van der Waals surface area contributed by atoms with Gasteiger partial charge in [-0.1, -0.05) is 127 Å². The van der Waals surface area contributed by atoms with E-state index < -0.39 is 0 Å². The van der Waals surface area contributed by atoms with Crippen molar-refractivity contribution < 1.29 is 0 Å². The van der Waals surface area contributed by atoms with Gasteiger partial charge in [0.2, 0.25) is 0 Å². The number of hydrogen-bond donors (Lipinski definition) is 0. The smallest absolute Gasteiger partial charge is 0.0616 e. The van der Waals surface area contributed by atoms with Crippen LogP contribution in [0.15, 0.2) is 164 Å². The summed E-state index contributed by atoms with van der Waals surface area (Å²) in [6, 6.07) is 60.7. The van der Waals surface area contributed by atoms with Crippen molar-refractivity contribution in [1.29, 1.82) is 0 Å². The Morgan fingerprint density at radius 2 is 0.812 bits per heavy atom. The molecule has 0 N–H and O–H groups in total. The molecular formula is C48H35+. The van der Waals surface area contributed by atoms with E-state index in [1.54, 1.807) is 0 Å². The highest BCUT2D eigenvalue weighted by molar-refractivity contribution is 6.24. The van der Waals surface area contributed by atoms with Crippen molar-refractivity contribution in [2.45, 2.75) is 20.3 Å². The fourth-order valence-corrected chi connectivity index (χ4v) is 7.92. The van der Waals surface area contributed by atoms with Crippen molar-refractivity contribution in [1.82, 2.24) is 0 Å². The molecule has 9 aromatic rings. The lowest BCUT2D eigenvalue weighted by atomic mass is 9.83. The molecule has 0 radical (unpaired) electrons. The first kappa shape index (κ1) is 28.4. The number of rotatable bonds is 5. The normalized spacial score (nSPS) is 11.6. The topological polar surface area (TPSA) is 0 Å². The Hall–Kier alpha value is -5.85. The minimum absolute atomic E-state index is 1.04. The molecule has 0 aromatic heterocycles. The van der Waals surface area contributed by atoms with Crippen LogP contribution < -0.4 is 0 Å². The van der Waals surface area contributed by atoms with Crippen molar-refractivity contribution in [3.63, 3.8) is 0 Å². The Labute approximate surface area is 281 Å². The van der Waals surface area contributed by atoms with E-state index in [0.717, 1.165) is 6.42 Å². The third kappa shape index (κ3) is 4.41. The largest absolute Gasteiger partial charge is 0.140 e. The predicted molar refractivity (Wildman–Crippen MR) is 209 cm³/mol. The van der Waals surface area contributed by atoms with Gasteiger partial charge in [-0.05, 0) is 96.0 Å². The van der Waals surface area contributed by atoms with E-state index in [1.165, 1.54) is 98.7 Å². The number of benzene rings is 9. The van der Waals surface area contributed by atoms with Crippen LogP contribution >= 0.6 is 0 Å². The quantitative estimate of drug-likeness (QED) is 0.134. The van der Waals surface area contributed by atoms with E-state index in [0.29, 0.717) is 0 Å². The average Bonchev–Trinajstić information content (AvgIpc) is 3.16. The second-order valence-electron chi connectivity index (χ2n) is 12.9. The Morgan fingerprint density at radius 1 is 0.375 bits per heavy atom. The van der Waals surface area contributed by atoms with E-state index in [4.69, 9.17) is 0 Å². The molecule has 0 heterocycles. The molecule has 9 aromatic carbocycles. The molecule has 0 saturated carbocycles. The predicted octanol–water partition coefficient (Wildman–Crippen LogP) is 13.8. The third-order valence-corrected chi connectivity index (χ3v) is 10.4. The van der Waals surface area contributed by atoms with Crippen LogP contribution in [0.2, 0.25) is 0 Å². The SMILES string of the molecule is CC[C+](C)c1ccc(-c2ccc(-c3c4ccccc4c(-c4ccc5ccccc5c4)c4ccccc34)c3ccccc23)c2ccccc12. The standard InChI is InChI=1S/C48H35/c1-3-31(2)35-26-27-40(37-17-7-6-16-36(35)37)41-28-29-46(39-19-9-8-18-38(39)41)48-44-22-12-10-20-42(44)47(43-21-11-13-23-45(43)48)34-25-24-32-14-4-5-15-33(32)30-34/h4-30H,3H2,1-2H3/q+1. The van der Waals surface area contributed by atoms with E-state index in [-0.39, 0.29) is 0 Å². The first-order valence-electron chi connectivity index (χ1n) is 17.0. The highest BCUT2D eigenvalue weighted by Gasteiger charge is 2.22. The van der Waals surface area contributed by atoms with Gasteiger partial charge >= 0.3 is 0 Å². The second kappa shape index (κ2) is 11.4. The lowest BCUT2D eigenvalue weighted by Crippen LogP contribution is -1.96. The van der Waals surface area contributed by atoms with Crippen LogP contribution in [0.1, 0.15) is 25.8 Å². The molecule has 0 atom stereocenters. The van der Waals surface area contributed by atoms with Crippen molar-refractivity contribution in [3.05, 3.63) is 175 Å².